The van der Waals surface area contributed by atoms with Crippen molar-refractivity contribution in [2.45, 2.75) is 56.7 Å². The molecule has 2 aliphatic rings. The van der Waals surface area contributed by atoms with Gasteiger partial charge in [0.05, 0.1) is 12.1 Å². The molecule has 1 aromatic carbocycles. The number of likely N-dealkylation sites (tertiary alicyclic amines) is 1. The van der Waals surface area contributed by atoms with Crippen LogP contribution in [0.3, 0.4) is 0 Å². The number of nitrogens with one attached hydrogen (secondary N) is 1. The highest BCUT2D eigenvalue weighted by Gasteiger charge is 2.50. The van der Waals surface area contributed by atoms with Crippen LogP contribution in [0.4, 0.5) is 4.39 Å². The van der Waals surface area contributed by atoms with Gasteiger partial charge < -0.3 is 10.4 Å². The summed E-state index contributed by atoms with van der Waals surface area (Å²) < 4.78 is 13.2. The number of rotatable bonds is 3. The van der Waals surface area contributed by atoms with Crippen molar-refractivity contribution in [1.82, 2.24) is 10.2 Å². The second-order valence-electron chi connectivity index (χ2n) is 6.96. The number of amides is 1. The SMILES string of the molecule is C[C@]12C[C@@H](c3ccc(F)cc3)N(CCO)[C@H]1CCCCC(=O)N2. The Morgan fingerprint density at radius 2 is 2.09 bits per heavy atom. The molecule has 0 radical (unpaired) electrons. The molecule has 0 spiro atoms. The van der Waals surface area contributed by atoms with Gasteiger partial charge in [0.2, 0.25) is 5.91 Å². The molecule has 126 valence electrons. The summed E-state index contributed by atoms with van der Waals surface area (Å²) in [4.78, 5) is 14.4. The first-order valence-electron chi connectivity index (χ1n) is 8.46. The Kier molecular flexibility index (Phi) is 4.69. The zero-order chi connectivity index (χ0) is 16.4. The summed E-state index contributed by atoms with van der Waals surface area (Å²) in [6.07, 6.45) is 4.31. The van der Waals surface area contributed by atoms with Crippen molar-refractivity contribution in [3.63, 3.8) is 0 Å². The van der Waals surface area contributed by atoms with Gasteiger partial charge in [-0.2, -0.15) is 0 Å². The molecule has 1 aromatic rings. The van der Waals surface area contributed by atoms with Crippen LogP contribution in [0, 0.1) is 5.82 Å². The van der Waals surface area contributed by atoms with Crippen molar-refractivity contribution in [1.29, 1.82) is 0 Å². The number of fused-ring (bicyclic) bond motifs is 1. The van der Waals surface area contributed by atoms with E-state index in [4.69, 9.17) is 0 Å². The molecule has 0 aliphatic carbocycles. The minimum absolute atomic E-state index is 0.0816. The van der Waals surface area contributed by atoms with E-state index in [9.17, 15) is 14.3 Å². The molecular formula is C18H25FN2O2. The number of benzene rings is 1. The van der Waals surface area contributed by atoms with E-state index < -0.39 is 0 Å². The number of halogens is 1. The van der Waals surface area contributed by atoms with Gasteiger partial charge in [0, 0.05) is 25.0 Å². The van der Waals surface area contributed by atoms with Crippen molar-refractivity contribution in [3.05, 3.63) is 35.6 Å². The molecule has 0 saturated carbocycles. The molecule has 0 bridgehead atoms. The number of hydrogen-bond acceptors (Lipinski definition) is 3. The van der Waals surface area contributed by atoms with Crippen LogP contribution in [0.2, 0.25) is 0 Å². The van der Waals surface area contributed by atoms with Gasteiger partial charge in [-0.05, 0) is 43.9 Å². The van der Waals surface area contributed by atoms with Gasteiger partial charge in [-0.25, -0.2) is 4.39 Å². The zero-order valence-corrected chi connectivity index (χ0v) is 13.6. The van der Waals surface area contributed by atoms with E-state index in [0.29, 0.717) is 13.0 Å². The largest absolute Gasteiger partial charge is 0.395 e. The van der Waals surface area contributed by atoms with Crippen molar-refractivity contribution in [2.75, 3.05) is 13.2 Å². The van der Waals surface area contributed by atoms with Gasteiger partial charge in [0.15, 0.2) is 0 Å². The molecular weight excluding hydrogens is 295 g/mol. The van der Waals surface area contributed by atoms with Crippen LogP contribution in [-0.4, -0.2) is 40.6 Å². The smallest absolute Gasteiger partial charge is 0.220 e. The topological polar surface area (TPSA) is 52.6 Å². The summed E-state index contributed by atoms with van der Waals surface area (Å²) in [6, 6.07) is 6.88. The third-order valence-corrected chi connectivity index (χ3v) is 5.32. The van der Waals surface area contributed by atoms with Crippen LogP contribution < -0.4 is 5.32 Å². The molecule has 2 fully saturated rings. The molecule has 4 nitrogen and oxygen atoms in total. The number of nitrogens with zero attached hydrogens (tertiary/aromatic N) is 1. The molecule has 2 heterocycles. The van der Waals surface area contributed by atoms with E-state index >= 15 is 0 Å². The summed E-state index contributed by atoms with van der Waals surface area (Å²) in [7, 11) is 0. The van der Waals surface area contributed by atoms with Gasteiger partial charge in [0.1, 0.15) is 5.82 Å². The monoisotopic (exact) mass is 320 g/mol. The average Bonchev–Trinajstić information content (AvgIpc) is 2.75. The molecule has 2 aliphatic heterocycles. The van der Waals surface area contributed by atoms with E-state index in [0.717, 1.165) is 31.2 Å². The Bertz CT molecular complexity index is 563. The lowest BCUT2D eigenvalue weighted by molar-refractivity contribution is -0.123. The van der Waals surface area contributed by atoms with E-state index in [1.54, 1.807) is 0 Å². The third-order valence-electron chi connectivity index (χ3n) is 5.32. The predicted octanol–water partition coefficient (Wildman–Crippen LogP) is 2.38. The quantitative estimate of drug-likeness (QED) is 0.899. The lowest BCUT2D eigenvalue weighted by atomic mass is 9.85. The van der Waals surface area contributed by atoms with Crippen molar-refractivity contribution in [2.24, 2.45) is 0 Å². The number of hydrogen-bond donors (Lipinski definition) is 2. The average molecular weight is 320 g/mol. The first kappa shape index (κ1) is 16.4. The standard InChI is InChI=1S/C18H25FN2O2/c1-18-12-15(13-6-8-14(19)9-7-13)21(10-11-22)16(18)4-2-3-5-17(23)20-18/h6-9,15-16,22H,2-5,10-12H2,1H3,(H,20,23)/t15-,16-,18-/m0/s1. The lowest BCUT2D eigenvalue weighted by Gasteiger charge is -2.38. The number of carbonyl (C=O) groups excluding carboxylic acids is 1. The third kappa shape index (κ3) is 3.26. The second kappa shape index (κ2) is 6.57. The number of aliphatic hydroxyl groups is 1. The van der Waals surface area contributed by atoms with Crippen LogP contribution in [0.15, 0.2) is 24.3 Å². The zero-order valence-electron chi connectivity index (χ0n) is 13.6. The molecule has 3 rings (SSSR count). The van der Waals surface area contributed by atoms with Gasteiger partial charge in [-0.15, -0.1) is 0 Å². The first-order valence-corrected chi connectivity index (χ1v) is 8.46. The highest BCUT2D eigenvalue weighted by molar-refractivity contribution is 5.77. The van der Waals surface area contributed by atoms with E-state index in [2.05, 4.69) is 17.1 Å². The fourth-order valence-corrected chi connectivity index (χ4v) is 4.28. The Morgan fingerprint density at radius 1 is 1.35 bits per heavy atom. The van der Waals surface area contributed by atoms with Crippen LogP contribution in [0.5, 0.6) is 0 Å². The fraction of sp³-hybridized carbons (Fsp3) is 0.611. The highest BCUT2D eigenvalue weighted by atomic mass is 19.1. The van der Waals surface area contributed by atoms with Gasteiger partial charge >= 0.3 is 0 Å². The summed E-state index contributed by atoms with van der Waals surface area (Å²) in [5, 5.41) is 12.7. The maximum atomic E-state index is 13.2. The maximum absolute atomic E-state index is 13.2. The molecule has 0 aromatic heterocycles. The van der Waals surface area contributed by atoms with Gasteiger partial charge in [0.25, 0.3) is 0 Å². The lowest BCUT2D eigenvalue weighted by Crippen LogP contribution is -2.55. The number of aliphatic hydroxyl groups excluding tert-OH is 1. The Balaban J connectivity index is 1.93. The summed E-state index contributed by atoms with van der Waals surface area (Å²) >= 11 is 0. The maximum Gasteiger partial charge on any atom is 0.220 e. The molecule has 1 amide bonds. The van der Waals surface area contributed by atoms with Crippen LogP contribution in [-0.2, 0) is 4.79 Å². The number of carbonyl (C=O) groups is 1. The molecule has 2 N–H and O–H groups in total. The molecule has 0 unspecified atom stereocenters. The van der Waals surface area contributed by atoms with E-state index in [-0.39, 0.29) is 36.0 Å². The Hall–Kier alpha value is -1.46. The predicted molar refractivity (Wildman–Crippen MR) is 86.4 cm³/mol. The van der Waals surface area contributed by atoms with Gasteiger partial charge in [-0.3, -0.25) is 9.69 Å². The summed E-state index contributed by atoms with van der Waals surface area (Å²) in [6.45, 7) is 2.76. The highest BCUT2D eigenvalue weighted by Crippen LogP contribution is 2.44. The normalized spacial score (nSPS) is 32.0. The minimum atomic E-state index is -0.300. The van der Waals surface area contributed by atoms with Crippen molar-refractivity contribution < 1.29 is 14.3 Å². The molecule has 5 heteroatoms. The molecule has 2 saturated heterocycles. The Labute approximate surface area is 136 Å². The van der Waals surface area contributed by atoms with Crippen molar-refractivity contribution >= 4 is 5.91 Å². The second-order valence-corrected chi connectivity index (χ2v) is 6.96. The summed E-state index contributed by atoms with van der Waals surface area (Å²) in [5.74, 6) is -0.133. The molecule has 3 atom stereocenters. The molecule has 23 heavy (non-hydrogen) atoms. The number of β-amino-alcohol motifs (C(OH)–C–C–N with tert-alkyl or cyclic N) is 1. The van der Waals surface area contributed by atoms with Crippen LogP contribution in [0.1, 0.15) is 50.6 Å². The van der Waals surface area contributed by atoms with Crippen molar-refractivity contribution in [3.8, 4) is 0 Å². The van der Waals surface area contributed by atoms with Crippen LogP contribution >= 0.6 is 0 Å². The minimum Gasteiger partial charge on any atom is -0.395 e. The van der Waals surface area contributed by atoms with E-state index in [1.807, 2.05) is 12.1 Å². The summed E-state index contributed by atoms with van der Waals surface area (Å²) in [5.41, 5.74) is 0.744. The van der Waals surface area contributed by atoms with Crippen LogP contribution in [0.25, 0.3) is 0 Å². The van der Waals surface area contributed by atoms with E-state index in [1.165, 1.54) is 12.1 Å². The Morgan fingerprint density at radius 3 is 2.78 bits per heavy atom. The first-order chi connectivity index (χ1) is 11.0. The fourth-order valence-electron chi connectivity index (χ4n) is 4.28. The van der Waals surface area contributed by atoms with Gasteiger partial charge in [-0.1, -0.05) is 18.6 Å².